The molecule has 1 N–H and O–H groups in total. The third-order valence-corrected chi connectivity index (χ3v) is 6.31. The number of rotatable bonds is 5. The van der Waals surface area contributed by atoms with Gasteiger partial charge in [0.1, 0.15) is 11.6 Å². The van der Waals surface area contributed by atoms with E-state index in [1.807, 2.05) is 4.57 Å². The molecule has 0 unspecified atom stereocenters. The molecule has 0 bridgehead atoms. The second-order valence-corrected chi connectivity index (χ2v) is 8.31. The number of hydrogen-bond acceptors (Lipinski definition) is 4. The Balaban J connectivity index is 1.36. The lowest BCUT2D eigenvalue weighted by Crippen LogP contribution is -2.38. The van der Waals surface area contributed by atoms with Crippen LogP contribution in [-0.4, -0.2) is 34.9 Å². The SMILES string of the molecule is N=c1sc2cc(F)ccc2n1CC1CCN(CC(=O)c2ccc(F)cc2)CC1. The number of Topliss-reactive ketones (excluding diaryl/α,β-unsaturated/α-hetero) is 1. The molecule has 1 saturated heterocycles. The Labute approximate surface area is 165 Å². The van der Waals surface area contributed by atoms with Gasteiger partial charge in [-0.2, -0.15) is 0 Å². The number of hydrogen-bond donors (Lipinski definition) is 1. The largest absolute Gasteiger partial charge is 0.317 e. The third kappa shape index (κ3) is 4.05. The summed E-state index contributed by atoms with van der Waals surface area (Å²) in [4.78, 5) is 14.9. The maximum absolute atomic E-state index is 13.4. The number of thiazole rings is 1. The summed E-state index contributed by atoms with van der Waals surface area (Å²) in [5.41, 5.74) is 1.44. The van der Waals surface area contributed by atoms with Gasteiger partial charge in [-0.3, -0.25) is 15.1 Å². The summed E-state index contributed by atoms with van der Waals surface area (Å²) in [6, 6.07) is 10.4. The molecule has 0 radical (unpaired) electrons. The van der Waals surface area contributed by atoms with E-state index in [1.54, 1.807) is 6.07 Å². The summed E-state index contributed by atoms with van der Waals surface area (Å²) in [6.45, 7) is 2.73. The average molecular weight is 401 g/mol. The highest BCUT2D eigenvalue weighted by atomic mass is 32.1. The van der Waals surface area contributed by atoms with Crippen LogP contribution < -0.4 is 4.80 Å². The number of likely N-dealkylation sites (tertiary alicyclic amines) is 1. The maximum atomic E-state index is 13.4. The van der Waals surface area contributed by atoms with Crippen molar-refractivity contribution in [2.45, 2.75) is 19.4 Å². The lowest BCUT2D eigenvalue weighted by atomic mass is 9.96. The smallest absolute Gasteiger partial charge is 0.182 e. The van der Waals surface area contributed by atoms with Crippen LogP contribution in [0.4, 0.5) is 8.78 Å². The minimum atomic E-state index is -0.340. The first-order chi connectivity index (χ1) is 13.5. The second kappa shape index (κ2) is 7.93. The van der Waals surface area contributed by atoms with Crippen molar-refractivity contribution in [3.05, 3.63) is 64.5 Å². The minimum Gasteiger partial charge on any atom is -0.317 e. The molecular formula is C21H21F2N3OS. The number of carbonyl (C=O) groups is 1. The van der Waals surface area contributed by atoms with Crippen LogP contribution in [0, 0.1) is 23.0 Å². The van der Waals surface area contributed by atoms with Crippen LogP contribution in [-0.2, 0) is 6.54 Å². The van der Waals surface area contributed by atoms with Crippen LogP contribution in [0.3, 0.4) is 0 Å². The Morgan fingerprint density at radius 1 is 1.07 bits per heavy atom. The zero-order chi connectivity index (χ0) is 19.7. The molecule has 7 heteroatoms. The summed E-state index contributed by atoms with van der Waals surface area (Å²) in [5.74, 6) is -0.186. The number of ketones is 1. The van der Waals surface area contributed by atoms with Gasteiger partial charge in [-0.15, -0.1) is 0 Å². The van der Waals surface area contributed by atoms with Crippen LogP contribution >= 0.6 is 11.3 Å². The van der Waals surface area contributed by atoms with Crippen molar-refractivity contribution in [2.24, 2.45) is 5.92 Å². The van der Waals surface area contributed by atoms with Crippen molar-refractivity contribution in [2.75, 3.05) is 19.6 Å². The number of nitrogens with one attached hydrogen (secondary N) is 1. The summed E-state index contributed by atoms with van der Waals surface area (Å²) >= 11 is 1.30. The molecule has 28 heavy (non-hydrogen) atoms. The first kappa shape index (κ1) is 19.0. The molecule has 4 nitrogen and oxygen atoms in total. The summed E-state index contributed by atoms with van der Waals surface area (Å²) in [7, 11) is 0. The minimum absolute atomic E-state index is 0.00660. The van der Waals surface area contributed by atoms with E-state index < -0.39 is 0 Å². The van der Waals surface area contributed by atoms with Crippen molar-refractivity contribution in [3.63, 3.8) is 0 Å². The molecule has 146 valence electrons. The van der Waals surface area contributed by atoms with Gasteiger partial charge in [-0.1, -0.05) is 11.3 Å². The van der Waals surface area contributed by atoms with Crippen molar-refractivity contribution in [1.29, 1.82) is 5.41 Å². The second-order valence-electron chi connectivity index (χ2n) is 7.28. The molecule has 0 atom stereocenters. The Hall–Kier alpha value is -2.38. The number of benzene rings is 2. The average Bonchev–Trinajstić information content (AvgIpc) is 2.98. The monoisotopic (exact) mass is 401 g/mol. The molecule has 1 aromatic heterocycles. The molecule has 2 heterocycles. The molecule has 1 aliphatic heterocycles. The summed E-state index contributed by atoms with van der Waals surface area (Å²) in [6.07, 6.45) is 1.89. The van der Waals surface area contributed by atoms with E-state index in [9.17, 15) is 13.6 Å². The maximum Gasteiger partial charge on any atom is 0.182 e. The lowest BCUT2D eigenvalue weighted by Gasteiger charge is -2.31. The van der Waals surface area contributed by atoms with E-state index in [4.69, 9.17) is 5.41 Å². The molecule has 0 amide bonds. The molecular weight excluding hydrogens is 380 g/mol. The number of halogens is 2. The highest BCUT2D eigenvalue weighted by Gasteiger charge is 2.22. The van der Waals surface area contributed by atoms with E-state index in [0.29, 0.717) is 22.8 Å². The molecule has 1 aliphatic rings. The Bertz CT molecular complexity index is 1050. The normalized spacial score (nSPS) is 15.9. The fourth-order valence-electron chi connectivity index (χ4n) is 3.76. The zero-order valence-corrected chi connectivity index (χ0v) is 16.1. The molecule has 0 aliphatic carbocycles. The number of nitrogens with zero attached hydrogens (tertiary/aromatic N) is 2. The van der Waals surface area contributed by atoms with Gasteiger partial charge < -0.3 is 4.57 Å². The number of carbonyl (C=O) groups excluding carboxylic acids is 1. The Kier molecular flexibility index (Phi) is 5.37. The summed E-state index contributed by atoms with van der Waals surface area (Å²) < 4.78 is 29.2. The highest BCUT2D eigenvalue weighted by Crippen LogP contribution is 2.23. The van der Waals surface area contributed by atoms with Crippen LogP contribution in [0.5, 0.6) is 0 Å². The van der Waals surface area contributed by atoms with Gasteiger partial charge in [0.05, 0.1) is 16.8 Å². The van der Waals surface area contributed by atoms with E-state index in [2.05, 4.69) is 4.90 Å². The number of fused-ring (bicyclic) bond motifs is 1. The first-order valence-corrected chi connectivity index (χ1v) is 10.2. The van der Waals surface area contributed by atoms with Gasteiger partial charge in [0.15, 0.2) is 10.6 Å². The molecule has 1 fully saturated rings. The standard InChI is InChI=1S/C21H21F2N3OS/c22-16-3-1-15(2-4-16)19(27)13-25-9-7-14(8-10-25)12-26-18-6-5-17(23)11-20(18)28-21(26)24/h1-6,11,14,24H,7-10,12-13H2. The fraction of sp³-hybridized carbons (Fsp3) is 0.333. The van der Waals surface area contributed by atoms with E-state index in [-0.39, 0.29) is 17.4 Å². The molecule has 2 aromatic carbocycles. The number of aromatic nitrogens is 1. The summed E-state index contributed by atoms with van der Waals surface area (Å²) in [5, 5.41) is 8.21. The van der Waals surface area contributed by atoms with Crippen molar-refractivity contribution in [3.8, 4) is 0 Å². The fourth-order valence-corrected chi connectivity index (χ4v) is 4.70. The predicted molar refractivity (Wildman–Crippen MR) is 106 cm³/mol. The Morgan fingerprint density at radius 3 is 2.46 bits per heavy atom. The predicted octanol–water partition coefficient (Wildman–Crippen LogP) is 4.06. The Morgan fingerprint density at radius 2 is 1.75 bits per heavy atom. The van der Waals surface area contributed by atoms with Crippen molar-refractivity contribution in [1.82, 2.24) is 9.47 Å². The van der Waals surface area contributed by atoms with Gasteiger partial charge in [0, 0.05) is 12.1 Å². The van der Waals surface area contributed by atoms with E-state index in [1.165, 1.54) is 47.7 Å². The van der Waals surface area contributed by atoms with Crippen LogP contribution in [0.15, 0.2) is 42.5 Å². The molecule has 0 spiro atoms. The first-order valence-electron chi connectivity index (χ1n) is 9.34. The van der Waals surface area contributed by atoms with Crippen LogP contribution in [0.2, 0.25) is 0 Å². The van der Waals surface area contributed by atoms with Crippen LogP contribution in [0.25, 0.3) is 10.2 Å². The van der Waals surface area contributed by atoms with Gasteiger partial charge >= 0.3 is 0 Å². The van der Waals surface area contributed by atoms with Crippen molar-refractivity contribution < 1.29 is 13.6 Å². The highest BCUT2D eigenvalue weighted by molar-refractivity contribution is 7.16. The van der Waals surface area contributed by atoms with Crippen molar-refractivity contribution >= 4 is 27.3 Å². The number of piperidine rings is 1. The zero-order valence-electron chi connectivity index (χ0n) is 15.3. The third-order valence-electron chi connectivity index (χ3n) is 5.35. The van der Waals surface area contributed by atoms with E-state index >= 15 is 0 Å². The van der Waals surface area contributed by atoms with Gasteiger partial charge in [0.2, 0.25) is 0 Å². The quantitative estimate of drug-likeness (QED) is 0.656. The van der Waals surface area contributed by atoms with Gasteiger partial charge in [-0.25, -0.2) is 8.78 Å². The van der Waals surface area contributed by atoms with Gasteiger partial charge in [-0.05, 0) is 74.3 Å². The van der Waals surface area contributed by atoms with Gasteiger partial charge in [0.25, 0.3) is 0 Å². The molecule has 0 saturated carbocycles. The van der Waals surface area contributed by atoms with Crippen LogP contribution in [0.1, 0.15) is 23.2 Å². The molecule has 3 aromatic rings. The molecule has 4 rings (SSSR count). The topological polar surface area (TPSA) is 49.1 Å². The van der Waals surface area contributed by atoms with E-state index in [0.717, 1.165) is 42.7 Å². The lowest BCUT2D eigenvalue weighted by molar-refractivity contribution is 0.0890.